The van der Waals surface area contributed by atoms with Crippen LogP contribution in [0.15, 0.2) is 0 Å². The Morgan fingerprint density at radius 1 is 1.33 bits per heavy atom. The zero-order valence-corrected chi connectivity index (χ0v) is 10.1. The highest BCUT2D eigenvalue weighted by molar-refractivity contribution is 5.77. The number of aryl methyl sites for hydroxylation is 1. The van der Waals surface area contributed by atoms with Crippen molar-refractivity contribution in [2.75, 3.05) is 0 Å². The van der Waals surface area contributed by atoms with Crippen LogP contribution in [0.1, 0.15) is 48.4 Å². The smallest absolute Gasteiger partial charge is 0.153 e. The van der Waals surface area contributed by atoms with Crippen molar-refractivity contribution in [2.45, 2.75) is 47.1 Å². The molecule has 0 radical (unpaired) electrons. The minimum atomic E-state index is 0.655. The molecule has 0 spiro atoms. The third-order valence-electron chi connectivity index (χ3n) is 3.14. The van der Waals surface area contributed by atoms with Gasteiger partial charge in [-0.3, -0.25) is 9.48 Å². The Kier molecular flexibility index (Phi) is 4.06. The van der Waals surface area contributed by atoms with Crippen molar-refractivity contribution in [3.8, 4) is 0 Å². The summed E-state index contributed by atoms with van der Waals surface area (Å²) in [6.07, 6.45) is 3.22. The predicted octanol–water partition coefficient (Wildman–Crippen LogP) is 2.75. The van der Waals surface area contributed by atoms with Crippen LogP contribution in [0, 0.1) is 19.8 Å². The van der Waals surface area contributed by atoms with Gasteiger partial charge in [-0.2, -0.15) is 5.10 Å². The summed E-state index contributed by atoms with van der Waals surface area (Å²) in [5, 5.41) is 4.40. The van der Waals surface area contributed by atoms with Gasteiger partial charge in [0.1, 0.15) is 0 Å². The molecular formula is C12H20N2O. The van der Waals surface area contributed by atoms with Crippen LogP contribution >= 0.6 is 0 Å². The van der Waals surface area contributed by atoms with Crippen LogP contribution < -0.4 is 0 Å². The van der Waals surface area contributed by atoms with Crippen molar-refractivity contribution >= 4 is 6.29 Å². The SMILES string of the molecule is CCC(CC)Cn1nc(C)c(C=O)c1C. The monoisotopic (exact) mass is 208 g/mol. The predicted molar refractivity (Wildman–Crippen MR) is 61.2 cm³/mol. The summed E-state index contributed by atoms with van der Waals surface area (Å²) < 4.78 is 1.97. The maximum atomic E-state index is 10.8. The summed E-state index contributed by atoms with van der Waals surface area (Å²) in [5.74, 6) is 0.655. The van der Waals surface area contributed by atoms with Crippen LogP contribution in [0.25, 0.3) is 0 Å². The molecule has 0 bridgehead atoms. The molecule has 1 aromatic heterocycles. The largest absolute Gasteiger partial charge is 0.298 e. The molecule has 0 aliphatic carbocycles. The second-order valence-electron chi connectivity index (χ2n) is 4.07. The molecule has 1 rings (SSSR count). The number of hydrogen-bond donors (Lipinski definition) is 0. The summed E-state index contributed by atoms with van der Waals surface area (Å²) in [6.45, 7) is 9.17. The lowest BCUT2D eigenvalue weighted by atomic mass is 10.0. The molecule has 0 aromatic carbocycles. The standard InChI is InChI=1S/C12H20N2O/c1-5-11(6-2)7-14-10(4)12(8-15)9(3)13-14/h8,11H,5-7H2,1-4H3. The Morgan fingerprint density at radius 3 is 2.33 bits per heavy atom. The quantitative estimate of drug-likeness (QED) is 0.697. The second-order valence-corrected chi connectivity index (χ2v) is 4.07. The fourth-order valence-corrected chi connectivity index (χ4v) is 1.85. The fourth-order valence-electron chi connectivity index (χ4n) is 1.85. The van der Waals surface area contributed by atoms with Gasteiger partial charge in [0.05, 0.1) is 11.3 Å². The number of aromatic nitrogens is 2. The minimum Gasteiger partial charge on any atom is -0.298 e. The van der Waals surface area contributed by atoms with E-state index in [1.165, 1.54) is 0 Å². The van der Waals surface area contributed by atoms with Crippen LogP contribution in [0.3, 0.4) is 0 Å². The first-order valence-corrected chi connectivity index (χ1v) is 5.63. The van der Waals surface area contributed by atoms with E-state index in [1.807, 2.05) is 18.5 Å². The summed E-state index contributed by atoms with van der Waals surface area (Å²) in [5.41, 5.74) is 2.59. The van der Waals surface area contributed by atoms with Gasteiger partial charge in [-0.1, -0.05) is 26.7 Å². The fraction of sp³-hybridized carbons (Fsp3) is 0.667. The molecule has 0 fully saturated rings. The van der Waals surface area contributed by atoms with Crippen molar-refractivity contribution in [2.24, 2.45) is 5.92 Å². The first-order valence-electron chi connectivity index (χ1n) is 5.63. The third-order valence-corrected chi connectivity index (χ3v) is 3.14. The average Bonchev–Trinajstić information content (AvgIpc) is 2.50. The van der Waals surface area contributed by atoms with Gasteiger partial charge < -0.3 is 0 Å². The van der Waals surface area contributed by atoms with Gasteiger partial charge in [0.2, 0.25) is 0 Å². The highest BCUT2D eigenvalue weighted by Crippen LogP contribution is 2.15. The molecular weight excluding hydrogens is 188 g/mol. The van der Waals surface area contributed by atoms with E-state index in [-0.39, 0.29) is 0 Å². The van der Waals surface area contributed by atoms with Gasteiger partial charge in [-0.25, -0.2) is 0 Å². The lowest BCUT2D eigenvalue weighted by Crippen LogP contribution is -2.12. The number of hydrogen-bond acceptors (Lipinski definition) is 2. The summed E-state index contributed by atoms with van der Waals surface area (Å²) in [4.78, 5) is 10.8. The maximum Gasteiger partial charge on any atom is 0.153 e. The molecule has 0 saturated heterocycles. The number of nitrogens with zero attached hydrogens (tertiary/aromatic N) is 2. The summed E-state index contributed by atoms with van der Waals surface area (Å²) in [7, 11) is 0. The van der Waals surface area contributed by atoms with E-state index in [2.05, 4.69) is 18.9 Å². The molecule has 3 heteroatoms. The normalized spacial score (nSPS) is 11.0. The van der Waals surface area contributed by atoms with Crippen LogP contribution in [0.2, 0.25) is 0 Å². The summed E-state index contributed by atoms with van der Waals surface area (Å²) in [6, 6.07) is 0. The van der Waals surface area contributed by atoms with Gasteiger partial charge in [0.15, 0.2) is 6.29 Å². The van der Waals surface area contributed by atoms with Gasteiger partial charge in [-0.15, -0.1) is 0 Å². The third kappa shape index (κ3) is 2.46. The lowest BCUT2D eigenvalue weighted by Gasteiger charge is -2.13. The Hall–Kier alpha value is -1.12. The van der Waals surface area contributed by atoms with Gasteiger partial charge in [0.25, 0.3) is 0 Å². The first-order chi connectivity index (χ1) is 7.13. The van der Waals surface area contributed by atoms with E-state index < -0.39 is 0 Å². The van der Waals surface area contributed by atoms with Crippen LogP contribution in [0.5, 0.6) is 0 Å². The number of carbonyl (C=O) groups is 1. The van der Waals surface area contributed by atoms with E-state index in [9.17, 15) is 4.79 Å². The number of carbonyl (C=O) groups excluding carboxylic acids is 1. The molecule has 0 amide bonds. The van der Waals surface area contributed by atoms with Crippen molar-refractivity contribution in [1.29, 1.82) is 0 Å². The Labute approximate surface area is 91.5 Å². The van der Waals surface area contributed by atoms with Crippen molar-refractivity contribution in [3.63, 3.8) is 0 Å². The maximum absolute atomic E-state index is 10.8. The molecule has 0 aliphatic rings. The molecule has 0 aliphatic heterocycles. The molecule has 0 saturated carbocycles. The highest BCUT2D eigenvalue weighted by atomic mass is 16.1. The summed E-state index contributed by atoms with van der Waals surface area (Å²) >= 11 is 0. The number of aldehydes is 1. The van der Waals surface area contributed by atoms with Crippen LogP contribution in [-0.2, 0) is 6.54 Å². The number of rotatable bonds is 5. The molecule has 3 nitrogen and oxygen atoms in total. The zero-order valence-electron chi connectivity index (χ0n) is 10.1. The molecule has 1 heterocycles. The molecule has 84 valence electrons. The molecule has 0 atom stereocenters. The van der Waals surface area contributed by atoms with Crippen molar-refractivity contribution < 1.29 is 4.79 Å². The van der Waals surface area contributed by atoms with Gasteiger partial charge in [0, 0.05) is 12.2 Å². The van der Waals surface area contributed by atoms with Gasteiger partial charge >= 0.3 is 0 Å². The Bertz CT molecular complexity index is 338. The van der Waals surface area contributed by atoms with E-state index in [1.54, 1.807) is 0 Å². The minimum absolute atomic E-state index is 0.655. The van der Waals surface area contributed by atoms with E-state index in [4.69, 9.17) is 0 Å². The topological polar surface area (TPSA) is 34.9 Å². The van der Waals surface area contributed by atoms with Crippen molar-refractivity contribution in [1.82, 2.24) is 9.78 Å². The van der Waals surface area contributed by atoms with Gasteiger partial charge in [-0.05, 0) is 19.8 Å². The van der Waals surface area contributed by atoms with E-state index >= 15 is 0 Å². The molecule has 1 aromatic rings. The van der Waals surface area contributed by atoms with Crippen LogP contribution in [-0.4, -0.2) is 16.1 Å². The lowest BCUT2D eigenvalue weighted by molar-refractivity contribution is 0.112. The van der Waals surface area contributed by atoms with Crippen molar-refractivity contribution in [3.05, 3.63) is 17.0 Å². The zero-order chi connectivity index (χ0) is 11.4. The molecule has 15 heavy (non-hydrogen) atoms. The highest BCUT2D eigenvalue weighted by Gasteiger charge is 2.13. The molecule has 0 N–H and O–H groups in total. The Balaban J connectivity index is 2.90. The average molecular weight is 208 g/mol. The molecule has 0 unspecified atom stereocenters. The van der Waals surface area contributed by atoms with E-state index in [0.29, 0.717) is 5.92 Å². The Morgan fingerprint density at radius 2 is 1.93 bits per heavy atom. The van der Waals surface area contributed by atoms with Crippen LogP contribution in [0.4, 0.5) is 0 Å². The first kappa shape index (κ1) is 12.0. The second kappa shape index (κ2) is 5.10. The van der Waals surface area contributed by atoms with E-state index in [0.717, 1.165) is 42.6 Å².